The van der Waals surface area contributed by atoms with Crippen LogP contribution in [0, 0.1) is 6.92 Å². The summed E-state index contributed by atoms with van der Waals surface area (Å²) in [7, 11) is 0. The van der Waals surface area contributed by atoms with Gasteiger partial charge < -0.3 is 15.1 Å². The molecule has 0 aliphatic carbocycles. The quantitative estimate of drug-likeness (QED) is 0.577. The zero-order valence-corrected chi connectivity index (χ0v) is 18.2. The monoisotopic (exact) mass is 446 g/mol. The Labute approximate surface area is 183 Å². The molecule has 0 saturated carbocycles. The van der Waals surface area contributed by atoms with Gasteiger partial charge in [0.05, 0.1) is 0 Å². The molecule has 0 spiro atoms. The molecule has 0 bridgehead atoms. The van der Waals surface area contributed by atoms with Gasteiger partial charge in [0, 0.05) is 53.0 Å². The highest BCUT2D eigenvalue weighted by Crippen LogP contribution is 2.27. The highest BCUT2D eigenvalue weighted by atomic mass is 35.5. The Hall–Kier alpha value is -2.28. The number of piperazine rings is 1. The summed E-state index contributed by atoms with van der Waals surface area (Å²) in [5.41, 5.74) is 3.62. The van der Waals surface area contributed by atoms with Crippen LogP contribution in [-0.2, 0) is 0 Å². The zero-order chi connectivity index (χ0) is 20.4. The Morgan fingerprint density at radius 1 is 1.07 bits per heavy atom. The number of benzene rings is 2. The van der Waals surface area contributed by atoms with Gasteiger partial charge in [-0.05, 0) is 42.8 Å². The van der Waals surface area contributed by atoms with Crippen molar-refractivity contribution in [3.8, 4) is 0 Å². The van der Waals surface area contributed by atoms with E-state index < -0.39 is 0 Å². The highest BCUT2D eigenvalue weighted by Gasteiger charge is 2.24. The first kappa shape index (κ1) is 20.0. The highest BCUT2D eigenvalue weighted by molar-refractivity contribution is 7.14. The van der Waals surface area contributed by atoms with Crippen LogP contribution in [0.4, 0.5) is 16.5 Å². The topological polar surface area (TPSA) is 48.5 Å². The predicted molar refractivity (Wildman–Crippen MR) is 121 cm³/mol. The smallest absolute Gasteiger partial charge is 0.273 e. The summed E-state index contributed by atoms with van der Waals surface area (Å²) in [6.45, 7) is 4.92. The third kappa shape index (κ3) is 4.66. The first-order valence-electron chi connectivity index (χ1n) is 9.28. The molecule has 150 valence electrons. The fourth-order valence-corrected chi connectivity index (χ4v) is 4.42. The number of carbonyl (C=O) groups excluding carboxylic acids is 1. The van der Waals surface area contributed by atoms with Crippen molar-refractivity contribution in [2.45, 2.75) is 6.92 Å². The minimum absolute atomic E-state index is 0.0390. The van der Waals surface area contributed by atoms with Gasteiger partial charge in [-0.1, -0.05) is 35.3 Å². The van der Waals surface area contributed by atoms with Crippen molar-refractivity contribution in [1.29, 1.82) is 0 Å². The summed E-state index contributed by atoms with van der Waals surface area (Å²) in [6.07, 6.45) is 0. The third-order valence-corrected chi connectivity index (χ3v) is 6.11. The van der Waals surface area contributed by atoms with Crippen molar-refractivity contribution in [2.24, 2.45) is 0 Å². The summed E-state index contributed by atoms with van der Waals surface area (Å²) < 4.78 is 0. The van der Waals surface area contributed by atoms with Crippen LogP contribution >= 0.6 is 34.5 Å². The molecule has 1 aliphatic rings. The van der Waals surface area contributed by atoms with Crippen molar-refractivity contribution in [3.63, 3.8) is 0 Å². The summed E-state index contributed by atoms with van der Waals surface area (Å²) in [4.78, 5) is 21.5. The normalized spacial score (nSPS) is 14.2. The lowest BCUT2D eigenvalue weighted by Gasteiger charge is -2.36. The van der Waals surface area contributed by atoms with Gasteiger partial charge in [-0.3, -0.25) is 4.79 Å². The molecule has 1 aliphatic heterocycles. The molecule has 3 aromatic rings. The molecule has 4 rings (SSSR count). The number of aryl methyl sites for hydroxylation is 1. The van der Waals surface area contributed by atoms with Crippen molar-refractivity contribution in [1.82, 2.24) is 9.88 Å². The number of nitrogens with one attached hydrogen (secondary N) is 1. The summed E-state index contributed by atoms with van der Waals surface area (Å²) >= 11 is 13.6. The molecule has 2 aromatic carbocycles. The number of carbonyl (C=O) groups is 1. The second-order valence-corrected chi connectivity index (χ2v) is 8.61. The molecule has 1 amide bonds. The fraction of sp³-hybridized carbons (Fsp3) is 0.238. The maximum atomic E-state index is 12.9. The maximum Gasteiger partial charge on any atom is 0.273 e. The Kier molecular flexibility index (Phi) is 5.94. The van der Waals surface area contributed by atoms with Gasteiger partial charge in [0.15, 0.2) is 5.13 Å². The van der Waals surface area contributed by atoms with Crippen molar-refractivity contribution in [3.05, 3.63) is 69.1 Å². The lowest BCUT2D eigenvalue weighted by Crippen LogP contribution is -2.49. The molecule has 1 saturated heterocycles. The Bertz CT molecular complexity index is 1030. The summed E-state index contributed by atoms with van der Waals surface area (Å²) in [5.74, 6) is -0.0390. The Morgan fingerprint density at radius 3 is 2.59 bits per heavy atom. The van der Waals surface area contributed by atoms with Gasteiger partial charge in [-0.2, -0.15) is 0 Å². The second kappa shape index (κ2) is 8.61. The lowest BCUT2D eigenvalue weighted by molar-refractivity contribution is 0.0742. The number of thiazole rings is 1. The van der Waals surface area contributed by atoms with Crippen molar-refractivity contribution >= 4 is 57.0 Å². The van der Waals surface area contributed by atoms with E-state index >= 15 is 0 Å². The van der Waals surface area contributed by atoms with E-state index in [2.05, 4.69) is 22.1 Å². The molecule has 1 aromatic heterocycles. The largest absolute Gasteiger partial charge is 0.368 e. The van der Waals surface area contributed by atoms with E-state index in [4.69, 9.17) is 23.2 Å². The van der Waals surface area contributed by atoms with Crippen LogP contribution in [0.5, 0.6) is 0 Å². The number of nitrogens with zero attached hydrogens (tertiary/aromatic N) is 3. The molecule has 2 heterocycles. The van der Waals surface area contributed by atoms with Gasteiger partial charge in [0.25, 0.3) is 5.91 Å². The summed E-state index contributed by atoms with van der Waals surface area (Å²) in [5, 5.41) is 7.04. The van der Waals surface area contributed by atoms with Crippen molar-refractivity contribution < 1.29 is 4.79 Å². The molecule has 5 nitrogen and oxygen atoms in total. The van der Waals surface area contributed by atoms with Crippen LogP contribution in [-0.4, -0.2) is 42.0 Å². The fourth-order valence-electron chi connectivity index (χ4n) is 3.35. The van der Waals surface area contributed by atoms with Gasteiger partial charge in [-0.15, -0.1) is 11.3 Å². The predicted octanol–water partition coefficient (Wildman–Crippen LogP) is 5.46. The second-order valence-electron chi connectivity index (χ2n) is 6.88. The molecule has 8 heteroatoms. The molecule has 0 radical (unpaired) electrons. The molecule has 1 N–H and O–H groups in total. The molecule has 29 heavy (non-hydrogen) atoms. The van der Waals surface area contributed by atoms with Crippen LogP contribution in [0.1, 0.15) is 16.1 Å². The zero-order valence-electron chi connectivity index (χ0n) is 15.9. The van der Waals surface area contributed by atoms with Gasteiger partial charge >= 0.3 is 0 Å². The summed E-state index contributed by atoms with van der Waals surface area (Å²) in [6, 6.07) is 13.3. The Balaban J connectivity index is 1.39. The van der Waals surface area contributed by atoms with Crippen LogP contribution in [0.15, 0.2) is 47.8 Å². The van der Waals surface area contributed by atoms with E-state index in [-0.39, 0.29) is 5.91 Å². The first-order valence-corrected chi connectivity index (χ1v) is 10.9. The van der Waals surface area contributed by atoms with E-state index in [9.17, 15) is 4.79 Å². The van der Waals surface area contributed by atoms with Gasteiger partial charge in [-0.25, -0.2) is 4.98 Å². The van der Waals surface area contributed by atoms with E-state index in [0.29, 0.717) is 28.9 Å². The van der Waals surface area contributed by atoms with Gasteiger partial charge in [0.2, 0.25) is 0 Å². The first-order chi connectivity index (χ1) is 14.0. The number of rotatable bonds is 4. The minimum atomic E-state index is -0.0390. The van der Waals surface area contributed by atoms with Crippen LogP contribution in [0.25, 0.3) is 0 Å². The number of halogens is 2. The lowest BCUT2D eigenvalue weighted by atomic mass is 10.1. The van der Waals surface area contributed by atoms with E-state index in [0.717, 1.165) is 29.5 Å². The Morgan fingerprint density at radius 2 is 1.83 bits per heavy atom. The average Bonchev–Trinajstić information content (AvgIpc) is 3.18. The molecule has 1 fully saturated rings. The van der Waals surface area contributed by atoms with E-state index in [1.165, 1.54) is 16.9 Å². The van der Waals surface area contributed by atoms with Crippen LogP contribution in [0.2, 0.25) is 10.0 Å². The minimum Gasteiger partial charge on any atom is -0.368 e. The average molecular weight is 447 g/mol. The molecule has 0 atom stereocenters. The van der Waals surface area contributed by atoms with E-state index in [1.807, 2.05) is 47.4 Å². The molecular weight excluding hydrogens is 427 g/mol. The number of hydrogen-bond acceptors (Lipinski definition) is 5. The maximum absolute atomic E-state index is 12.9. The van der Waals surface area contributed by atoms with Crippen LogP contribution in [0.3, 0.4) is 0 Å². The van der Waals surface area contributed by atoms with E-state index in [1.54, 1.807) is 5.38 Å². The number of amides is 1. The van der Waals surface area contributed by atoms with Crippen molar-refractivity contribution in [2.75, 3.05) is 36.4 Å². The third-order valence-electron chi connectivity index (χ3n) is 4.88. The standard InChI is InChI=1S/C21H20Cl2N4OS/c1-14-5-6-16(23)12-19(14)26-7-9-27(10-8-26)20(28)18-13-29-21(25-18)24-17-4-2-3-15(22)11-17/h2-6,11-13H,7-10H2,1H3,(H,24,25). The number of hydrogen-bond donors (Lipinski definition) is 1. The molecular formula is C21H20Cl2N4OS. The number of anilines is 3. The molecule has 0 unspecified atom stereocenters. The SMILES string of the molecule is Cc1ccc(Cl)cc1N1CCN(C(=O)c2csc(Nc3cccc(Cl)c3)n2)CC1. The van der Waals surface area contributed by atoms with Crippen LogP contribution < -0.4 is 10.2 Å². The van der Waals surface area contributed by atoms with Gasteiger partial charge in [0.1, 0.15) is 5.69 Å². The number of aromatic nitrogens is 1.